The molecule has 24 heavy (non-hydrogen) atoms. The van der Waals surface area contributed by atoms with Crippen molar-refractivity contribution in [2.75, 3.05) is 17.6 Å². The van der Waals surface area contributed by atoms with Gasteiger partial charge in [-0.1, -0.05) is 37.1 Å². The highest BCUT2D eigenvalue weighted by Crippen LogP contribution is 2.29. The first-order valence-corrected chi connectivity index (χ1v) is 9.77. The average molecular weight is 328 g/mol. The number of benzene rings is 1. The lowest BCUT2D eigenvalue weighted by atomic mass is 9.99. The van der Waals surface area contributed by atoms with Crippen LogP contribution in [-0.4, -0.2) is 29.6 Å². The fourth-order valence-corrected chi connectivity index (χ4v) is 4.33. The van der Waals surface area contributed by atoms with E-state index < -0.39 is 0 Å². The molecule has 0 aromatic heterocycles. The second-order valence-electron chi connectivity index (χ2n) is 7.54. The highest BCUT2D eigenvalue weighted by molar-refractivity contribution is 5.65. The van der Waals surface area contributed by atoms with Gasteiger partial charge in [0.05, 0.1) is 11.4 Å². The smallest absolute Gasteiger partial charge is 0.0575 e. The van der Waals surface area contributed by atoms with Crippen LogP contribution in [0.5, 0.6) is 0 Å². The fraction of sp³-hybridized carbons (Fsp3) is 0.619. The SMILES string of the molecule is C[C@@H](C[C@@H]1CCCN1C1/C=C\CCCCC1)Nc1ccccc1N. The number of allylic oxidation sites excluding steroid dienone is 1. The Balaban J connectivity index is 1.58. The van der Waals surface area contributed by atoms with Crippen LogP contribution in [-0.2, 0) is 0 Å². The zero-order valence-corrected chi connectivity index (χ0v) is 15.1. The number of nitrogens with two attached hydrogens (primary N) is 1. The number of anilines is 2. The molecule has 3 N–H and O–H groups in total. The minimum atomic E-state index is 0.442. The van der Waals surface area contributed by atoms with Gasteiger partial charge in [0.15, 0.2) is 0 Å². The molecular weight excluding hydrogens is 294 g/mol. The largest absolute Gasteiger partial charge is 0.397 e. The number of rotatable bonds is 5. The molecule has 2 aliphatic rings. The predicted octanol–water partition coefficient (Wildman–Crippen LogP) is 4.81. The summed E-state index contributed by atoms with van der Waals surface area (Å²) in [7, 11) is 0. The van der Waals surface area contributed by atoms with Crippen LogP contribution >= 0.6 is 0 Å². The van der Waals surface area contributed by atoms with Gasteiger partial charge in [-0.2, -0.15) is 0 Å². The van der Waals surface area contributed by atoms with E-state index in [-0.39, 0.29) is 0 Å². The number of nitrogen functional groups attached to an aromatic ring is 1. The summed E-state index contributed by atoms with van der Waals surface area (Å²) in [6.07, 6.45) is 15.5. The molecule has 1 fully saturated rings. The van der Waals surface area contributed by atoms with Gasteiger partial charge in [0.1, 0.15) is 0 Å². The third-order valence-corrected chi connectivity index (χ3v) is 5.57. The van der Waals surface area contributed by atoms with E-state index in [2.05, 4.69) is 35.4 Å². The Hall–Kier alpha value is -1.48. The monoisotopic (exact) mass is 327 g/mol. The number of hydrogen-bond acceptors (Lipinski definition) is 3. The number of nitrogens with zero attached hydrogens (tertiary/aromatic N) is 1. The van der Waals surface area contributed by atoms with Crippen LogP contribution in [0, 0.1) is 0 Å². The van der Waals surface area contributed by atoms with Gasteiger partial charge in [0, 0.05) is 18.1 Å². The number of likely N-dealkylation sites (tertiary alicyclic amines) is 1. The first-order valence-electron chi connectivity index (χ1n) is 9.77. The Labute approximate surface area is 147 Å². The van der Waals surface area contributed by atoms with Gasteiger partial charge in [0.25, 0.3) is 0 Å². The highest BCUT2D eigenvalue weighted by atomic mass is 15.2. The van der Waals surface area contributed by atoms with Crippen molar-refractivity contribution in [3.05, 3.63) is 36.4 Å². The maximum Gasteiger partial charge on any atom is 0.0575 e. The molecule has 3 atom stereocenters. The third-order valence-electron chi connectivity index (χ3n) is 5.57. The van der Waals surface area contributed by atoms with Gasteiger partial charge in [-0.3, -0.25) is 4.90 Å². The molecular formula is C21H33N3. The quantitative estimate of drug-likeness (QED) is 0.602. The minimum absolute atomic E-state index is 0.442. The Bertz CT molecular complexity index is 540. The Morgan fingerprint density at radius 1 is 1.17 bits per heavy atom. The number of para-hydroxylation sites is 2. The molecule has 0 spiro atoms. The lowest BCUT2D eigenvalue weighted by molar-refractivity contribution is 0.186. The van der Waals surface area contributed by atoms with Crippen molar-refractivity contribution < 1.29 is 0 Å². The first kappa shape index (κ1) is 17.3. The van der Waals surface area contributed by atoms with E-state index in [4.69, 9.17) is 5.73 Å². The highest BCUT2D eigenvalue weighted by Gasteiger charge is 2.30. The summed E-state index contributed by atoms with van der Waals surface area (Å²) < 4.78 is 0. The normalized spacial score (nSPS) is 28.0. The van der Waals surface area contributed by atoms with Crippen LogP contribution < -0.4 is 11.1 Å². The van der Waals surface area contributed by atoms with Crippen molar-refractivity contribution in [2.45, 2.75) is 76.4 Å². The maximum atomic E-state index is 6.07. The molecule has 1 unspecified atom stereocenters. The third kappa shape index (κ3) is 4.54. The van der Waals surface area contributed by atoms with E-state index in [0.717, 1.165) is 11.4 Å². The van der Waals surface area contributed by atoms with Crippen molar-refractivity contribution in [3.63, 3.8) is 0 Å². The summed E-state index contributed by atoms with van der Waals surface area (Å²) in [6, 6.07) is 9.89. The summed E-state index contributed by atoms with van der Waals surface area (Å²) in [4.78, 5) is 2.77. The molecule has 0 radical (unpaired) electrons. The molecule has 1 saturated heterocycles. The van der Waals surface area contributed by atoms with Gasteiger partial charge in [-0.25, -0.2) is 0 Å². The van der Waals surface area contributed by atoms with Crippen LogP contribution in [0.4, 0.5) is 11.4 Å². The molecule has 132 valence electrons. The van der Waals surface area contributed by atoms with Gasteiger partial charge in [0.2, 0.25) is 0 Å². The average Bonchev–Trinajstić information content (AvgIpc) is 2.97. The maximum absolute atomic E-state index is 6.07. The predicted molar refractivity (Wildman–Crippen MR) is 104 cm³/mol. The second kappa shape index (κ2) is 8.57. The lowest BCUT2D eigenvalue weighted by Gasteiger charge is -2.34. The van der Waals surface area contributed by atoms with Gasteiger partial charge in [-0.05, 0) is 64.1 Å². The van der Waals surface area contributed by atoms with E-state index in [1.54, 1.807) is 0 Å². The molecule has 0 bridgehead atoms. The Morgan fingerprint density at radius 2 is 2.04 bits per heavy atom. The van der Waals surface area contributed by atoms with Crippen LogP contribution in [0.15, 0.2) is 36.4 Å². The summed E-state index contributed by atoms with van der Waals surface area (Å²) in [5.41, 5.74) is 7.98. The van der Waals surface area contributed by atoms with Crippen molar-refractivity contribution in [1.29, 1.82) is 0 Å². The summed E-state index contributed by atoms with van der Waals surface area (Å²) in [6.45, 7) is 3.55. The number of nitrogens with one attached hydrogen (secondary N) is 1. The van der Waals surface area contributed by atoms with Gasteiger partial charge < -0.3 is 11.1 Å². The van der Waals surface area contributed by atoms with Crippen molar-refractivity contribution in [2.24, 2.45) is 0 Å². The fourth-order valence-electron chi connectivity index (χ4n) is 4.33. The standard InChI is InChI=1S/C21H33N3/c1-17(23-21-14-8-7-13-20(21)22)16-19-12-9-15-24(19)18-10-5-3-2-4-6-11-18/h5,7-8,10,13-14,17-19,23H,2-4,6,9,11-12,15-16,22H2,1H3/b10-5-/t17-,18?,19-/m0/s1. The van der Waals surface area contributed by atoms with E-state index in [9.17, 15) is 0 Å². The van der Waals surface area contributed by atoms with Gasteiger partial charge in [-0.15, -0.1) is 0 Å². The van der Waals surface area contributed by atoms with Crippen LogP contribution in [0.2, 0.25) is 0 Å². The lowest BCUT2D eigenvalue weighted by Crippen LogP contribution is -2.40. The topological polar surface area (TPSA) is 41.3 Å². The van der Waals surface area contributed by atoms with E-state index >= 15 is 0 Å². The molecule has 3 rings (SSSR count). The molecule has 1 aliphatic carbocycles. The zero-order valence-electron chi connectivity index (χ0n) is 15.1. The minimum Gasteiger partial charge on any atom is -0.397 e. The van der Waals surface area contributed by atoms with Crippen molar-refractivity contribution >= 4 is 11.4 Å². The molecule has 0 saturated carbocycles. The molecule has 1 aromatic rings. The molecule has 3 heteroatoms. The molecule has 1 aliphatic heterocycles. The molecule has 3 nitrogen and oxygen atoms in total. The summed E-state index contributed by atoms with van der Waals surface area (Å²) in [5.74, 6) is 0. The Morgan fingerprint density at radius 3 is 2.92 bits per heavy atom. The zero-order chi connectivity index (χ0) is 16.8. The molecule has 1 aromatic carbocycles. The summed E-state index contributed by atoms with van der Waals surface area (Å²) in [5, 5.41) is 3.61. The number of hydrogen-bond donors (Lipinski definition) is 2. The van der Waals surface area contributed by atoms with E-state index in [1.807, 2.05) is 18.2 Å². The van der Waals surface area contributed by atoms with E-state index in [0.29, 0.717) is 18.1 Å². The first-order chi connectivity index (χ1) is 11.7. The van der Waals surface area contributed by atoms with Crippen molar-refractivity contribution in [3.8, 4) is 0 Å². The van der Waals surface area contributed by atoms with Crippen LogP contribution in [0.1, 0.15) is 58.3 Å². The summed E-state index contributed by atoms with van der Waals surface area (Å²) >= 11 is 0. The van der Waals surface area contributed by atoms with Crippen LogP contribution in [0.25, 0.3) is 0 Å². The second-order valence-corrected chi connectivity index (χ2v) is 7.54. The molecule has 0 amide bonds. The van der Waals surface area contributed by atoms with Crippen LogP contribution in [0.3, 0.4) is 0 Å². The van der Waals surface area contributed by atoms with Crippen molar-refractivity contribution in [1.82, 2.24) is 4.90 Å². The van der Waals surface area contributed by atoms with E-state index in [1.165, 1.54) is 57.9 Å². The van der Waals surface area contributed by atoms with Gasteiger partial charge >= 0.3 is 0 Å². The molecule has 1 heterocycles. The Kier molecular flexibility index (Phi) is 6.19.